The fraction of sp³-hybridized carbons (Fsp3) is 0.538. The van der Waals surface area contributed by atoms with Gasteiger partial charge in [-0.25, -0.2) is 0 Å². The summed E-state index contributed by atoms with van der Waals surface area (Å²) in [7, 11) is 0. The Hall–Kier alpha value is -0.820. The molecule has 1 unspecified atom stereocenters. The maximum absolute atomic E-state index is 5.87. The van der Waals surface area contributed by atoms with Crippen LogP contribution in [0.1, 0.15) is 43.6 Å². The van der Waals surface area contributed by atoms with Crippen molar-refractivity contribution in [2.45, 2.75) is 40.4 Å². The Morgan fingerprint density at radius 2 is 2.00 bits per heavy atom. The molecule has 1 aliphatic heterocycles. The van der Waals surface area contributed by atoms with Gasteiger partial charge < -0.3 is 4.74 Å². The van der Waals surface area contributed by atoms with Crippen LogP contribution in [0.2, 0.25) is 0 Å². The number of rotatable bonds is 0. The highest BCUT2D eigenvalue weighted by molar-refractivity contribution is 5.38. The second-order valence-electron chi connectivity index (χ2n) is 5.20. The first-order chi connectivity index (χ1) is 6.50. The fourth-order valence-electron chi connectivity index (χ4n) is 2.14. The van der Waals surface area contributed by atoms with Crippen LogP contribution < -0.4 is 0 Å². The van der Waals surface area contributed by atoms with Crippen molar-refractivity contribution in [2.75, 3.05) is 0 Å². The summed E-state index contributed by atoms with van der Waals surface area (Å²) in [6, 6.07) is 6.49. The zero-order valence-electron chi connectivity index (χ0n) is 9.42. The topological polar surface area (TPSA) is 9.23 Å². The third kappa shape index (κ3) is 1.46. The second-order valence-corrected chi connectivity index (χ2v) is 5.20. The van der Waals surface area contributed by atoms with Crippen molar-refractivity contribution in [3.8, 4) is 0 Å². The molecule has 14 heavy (non-hydrogen) atoms. The van der Waals surface area contributed by atoms with E-state index in [9.17, 15) is 0 Å². The van der Waals surface area contributed by atoms with Crippen LogP contribution in [0, 0.1) is 12.3 Å². The first-order valence-corrected chi connectivity index (χ1v) is 5.20. The van der Waals surface area contributed by atoms with Crippen molar-refractivity contribution >= 4 is 0 Å². The molecule has 0 saturated heterocycles. The van der Waals surface area contributed by atoms with E-state index in [-0.39, 0.29) is 11.5 Å². The molecular formula is C13H18O. The van der Waals surface area contributed by atoms with E-state index in [0.29, 0.717) is 0 Å². The van der Waals surface area contributed by atoms with Crippen molar-refractivity contribution < 1.29 is 4.74 Å². The minimum atomic E-state index is 0.193. The zero-order valence-corrected chi connectivity index (χ0v) is 9.42. The standard InChI is InChI=1S/C13H18O/c1-9-6-5-7-10-11(9)8-14-12(10)13(2,3)4/h5-7,12H,8H2,1-4H3. The predicted octanol–water partition coefficient (Wildman–Crippen LogP) is 3.61. The molecule has 76 valence electrons. The van der Waals surface area contributed by atoms with Crippen LogP contribution >= 0.6 is 0 Å². The van der Waals surface area contributed by atoms with Crippen LogP contribution in [0.4, 0.5) is 0 Å². The molecule has 1 aromatic carbocycles. The van der Waals surface area contributed by atoms with E-state index < -0.39 is 0 Å². The van der Waals surface area contributed by atoms with Crippen LogP contribution in [0.5, 0.6) is 0 Å². The van der Waals surface area contributed by atoms with Gasteiger partial charge in [-0.05, 0) is 29.0 Å². The summed E-state index contributed by atoms with van der Waals surface area (Å²) in [4.78, 5) is 0. The Balaban J connectivity index is 2.45. The highest BCUT2D eigenvalue weighted by Gasteiger charge is 2.33. The summed E-state index contributed by atoms with van der Waals surface area (Å²) in [5, 5.41) is 0. The van der Waals surface area contributed by atoms with Crippen LogP contribution in [-0.2, 0) is 11.3 Å². The van der Waals surface area contributed by atoms with Gasteiger partial charge >= 0.3 is 0 Å². The summed E-state index contributed by atoms with van der Waals surface area (Å²) in [5.41, 5.74) is 4.33. The molecule has 0 saturated carbocycles. The van der Waals surface area contributed by atoms with Gasteiger partial charge in [-0.15, -0.1) is 0 Å². The average Bonchev–Trinajstić information content (AvgIpc) is 2.47. The SMILES string of the molecule is Cc1cccc2c1COC2C(C)(C)C. The molecule has 0 bridgehead atoms. The second kappa shape index (κ2) is 3.09. The van der Waals surface area contributed by atoms with Crippen LogP contribution in [0.25, 0.3) is 0 Å². The normalized spacial score (nSPS) is 21.0. The Morgan fingerprint density at radius 1 is 1.29 bits per heavy atom. The molecule has 0 radical (unpaired) electrons. The Kier molecular flexibility index (Phi) is 2.15. The summed E-state index contributed by atoms with van der Waals surface area (Å²) in [6.07, 6.45) is 0.261. The number of ether oxygens (including phenoxy) is 1. The largest absolute Gasteiger partial charge is 0.368 e. The molecule has 1 aliphatic rings. The van der Waals surface area contributed by atoms with Gasteiger partial charge in [0.15, 0.2) is 0 Å². The van der Waals surface area contributed by atoms with Crippen LogP contribution in [0.15, 0.2) is 18.2 Å². The van der Waals surface area contributed by atoms with E-state index in [2.05, 4.69) is 45.9 Å². The summed E-state index contributed by atoms with van der Waals surface area (Å²) in [6.45, 7) is 9.64. The number of aryl methyl sites for hydroxylation is 1. The first kappa shape index (κ1) is 9.72. The van der Waals surface area contributed by atoms with Crippen molar-refractivity contribution in [1.29, 1.82) is 0 Å². The Morgan fingerprint density at radius 3 is 2.64 bits per heavy atom. The lowest BCUT2D eigenvalue weighted by atomic mass is 9.84. The lowest BCUT2D eigenvalue weighted by molar-refractivity contribution is -0.00795. The fourth-order valence-corrected chi connectivity index (χ4v) is 2.14. The van der Waals surface area contributed by atoms with E-state index in [1.807, 2.05) is 0 Å². The minimum absolute atomic E-state index is 0.193. The van der Waals surface area contributed by atoms with Gasteiger partial charge in [-0.3, -0.25) is 0 Å². The van der Waals surface area contributed by atoms with Crippen molar-refractivity contribution in [2.24, 2.45) is 5.41 Å². The highest BCUT2D eigenvalue weighted by Crippen LogP contribution is 2.43. The third-order valence-corrected chi connectivity index (χ3v) is 2.91. The van der Waals surface area contributed by atoms with E-state index >= 15 is 0 Å². The molecule has 1 nitrogen and oxygen atoms in total. The highest BCUT2D eigenvalue weighted by atomic mass is 16.5. The van der Waals surface area contributed by atoms with Gasteiger partial charge in [-0.2, -0.15) is 0 Å². The third-order valence-electron chi connectivity index (χ3n) is 2.91. The smallest absolute Gasteiger partial charge is 0.0881 e. The zero-order chi connectivity index (χ0) is 10.3. The maximum atomic E-state index is 5.87. The van der Waals surface area contributed by atoms with Crippen molar-refractivity contribution in [3.05, 3.63) is 34.9 Å². The van der Waals surface area contributed by atoms with Gasteiger partial charge in [0.1, 0.15) is 0 Å². The molecule has 1 heterocycles. The molecule has 1 atom stereocenters. The molecule has 1 aromatic rings. The quantitative estimate of drug-likeness (QED) is 0.607. The number of fused-ring (bicyclic) bond motifs is 1. The van der Waals surface area contributed by atoms with E-state index in [1.165, 1.54) is 16.7 Å². The van der Waals surface area contributed by atoms with Gasteiger partial charge in [0.2, 0.25) is 0 Å². The lowest BCUT2D eigenvalue weighted by Crippen LogP contribution is -2.17. The maximum Gasteiger partial charge on any atom is 0.0881 e. The van der Waals surface area contributed by atoms with Gasteiger partial charge in [-0.1, -0.05) is 39.0 Å². The van der Waals surface area contributed by atoms with Gasteiger partial charge in [0, 0.05) is 0 Å². The molecular weight excluding hydrogens is 172 g/mol. The molecule has 0 amide bonds. The summed E-state index contributed by atoms with van der Waals surface area (Å²) >= 11 is 0. The van der Waals surface area contributed by atoms with E-state index in [1.54, 1.807) is 0 Å². The van der Waals surface area contributed by atoms with Crippen molar-refractivity contribution in [3.63, 3.8) is 0 Å². The number of hydrogen-bond donors (Lipinski definition) is 0. The molecule has 0 aliphatic carbocycles. The lowest BCUT2D eigenvalue weighted by Gasteiger charge is -2.26. The van der Waals surface area contributed by atoms with Gasteiger partial charge in [0.05, 0.1) is 12.7 Å². The van der Waals surface area contributed by atoms with Crippen LogP contribution in [0.3, 0.4) is 0 Å². The average molecular weight is 190 g/mol. The summed E-state index contributed by atoms with van der Waals surface area (Å²) in [5.74, 6) is 0. The summed E-state index contributed by atoms with van der Waals surface area (Å²) < 4.78 is 5.87. The number of hydrogen-bond acceptors (Lipinski definition) is 1. The molecule has 0 fully saturated rings. The van der Waals surface area contributed by atoms with Crippen molar-refractivity contribution in [1.82, 2.24) is 0 Å². The first-order valence-electron chi connectivity index (χ1n) is 5.20. The Labute approximate surface area is 86.1 Å². The number of benzene rings is 1. The molecule has 0 spiro atoms. The molecule has 1 heteroatoms. The van der Waals surface area contributed by atoms with Gasteiger partial charge in [0.25, 0.3) is 0 Å². The monoisotopic (exact) mass is 190 g/mol. The molecule has 0 N–H and O–H groups in total. The predicted molar refractivity (Wildman–Crippen MR) is 58.2 cm³/mol. The minimum Gasteiger partial charge on any atom is -0.368 e. The van der Waals surface area contributed by atoms with Crippen LogP contribution in [-0.4, -0.2) is 0 Å². The molecule has 0 aromatic heterocycles. The molecule has 2 rings (SSSR count). The Bertz CT molecular complexity index is 347. The van der Waals surface area contributed by atoms with E-state index in [0.717, 1.165) is 6.61 Å². The van der Waals surface area contributed by atoms with E-state index in [4.69, 9.17) is 4.74 Å².